The van der Waals surface area contributed by atoms with Crippen molar-refractivity contribution in [3.63, 3.8) is 0 Å². The van der Waals surface area contributed by atoms with Gasteiger partial charge in [-0.2, -0.15) is 0 Å². The van der Waals surface area contributed by atoms with E-state index in [1.54, 1.807) is 0 Å². The summed E-state index contributed by atoms with van der Waals surface area (Å²) in [6, 6.07) is 5.74. The Kier molecular flexibility index (Phi) is 2.00. The fourth-order valence-corrected chi connectivity index (χ4v) is 1.50. The Morgan fingerprint density at radius 3 is 3.00 bits per heavy atom. The van der Waals surface area contributed by atoms with Gasteiger partial charge in [0.2, 0.25) is 0 Å². The second-order valence-electron chi connectivity index (χ2n) is 3.33. The van der Waals surface area contributed by atoms with Gasteiger partial charge < -0.3 is 9.52 Å². The topological polar surface area (TPSA) is 50.4 Å². The van der Waals surface area contributed by atoms with Gasteiger partial charge in [-0.1, -0.05) is 11.6 Å². The first-order chi connectivity index (χ1) is 6.66. The van der Waals surface area contributed by atoms with Crippen LogP contribution < -0.4 is 0 Å². The van der Waals surface area contributed by atoms with Gasteiger partial charge in [0.1, 0.15) is 5.58 Å². The van der Waals surface area contributed by atoms with Crippen molar-refractivity contribution in [1.29, 1.82) is 0 Å². The second kappa shape index (κ2) is 3.18. The van der Waals surface area contributed by atoms with Crippen LogP contribution in [0.25, 0.3) is 11.0 Å². The standard InChI is InChI=1S/C11H10O3/c1-7-2-3-10-9(4-7)8(6-14-10)5-11(12)13/h2-4,6H,5H2,1H3,(H,12,13). The number of rotatable bonds is 2. The number of carboxylic acid groups (broad SMARTS) is 1. The molecule has 0 spiro atoms. The molecule has 0 aliphatic rings. The monoisotopic (exact) mass is 190 g/mol. The van der Waals surface area contributed by atoms with Crippen LogP contribution in [-0.2, 0) is 11.2 Å². The summed E-state index contributed by atoms with van der Waals surface area (Å²) in [5.41, 5.74) is 2.58. The summed E-state index contributed by atoms with van der Waals surface area (Å²) in [5, 5.41) is 9.57. The number of furan rings is 1. The Morgan fingerprint density at radius 2 is 2.29 bits per heavy atom. The molecular formula is C11H10O3. The molecule has 1 N–H and O–H groups in total. The average Bonchev–Trinajstić information content (AvgIpc) is 2.47. The van der Waals surface area contributed by atoms with Gasteiger partial charge in [-0.15, -0.1) is 0 Å². The van der Waals surface area contributed by atoms with Crippen LogP contribution in [0.5, 0.6) is 0 Å². The summed E-state index contributed by atoms with van der Waals surface area (Å²) < 4.78 is 5.24. The van der Waals surface area contributed by atoms with E-state index in [0.29, 0.717) is 0 Å². The number of hydrogen-bond acceptors (Lipinski definition) is 2. The maximum absolute atomic E-state index is 10.6. The largest absolute Gasteiger partial charge is 0.481 e. The van der Waals surface area contributed by atoms with E-state index < -0.39 is 5.97 Å². The Morgan fingerprint density at radius 1 is 1.50 bits per heavy atom. The number of hydrogen-bond donors (Lipinski definition) is 1. The van der Waals surface area contributed by atoms with Crippen molar-refractivity contribution in [1.82, 2.24) is 0 Å². The van der Waals surface area contributed by atoms with Gasteiger partial charge in [-0.25, -0.2) is 0 Å². The number of fused-ring (bicyclic) bond motifs is 1. The minimum absolute atomic E-state index is 0.0104. The normalized spacial score (nSPS) is 10.6. The van der Waals surface area contributed by atoms with E-state index in [1.807, 2.05) is 25.1 Å². The molecule has 0 aliphatic heterocycles. The molecule has 3 heteroatoms. The minimum atomic E-state index is -0.839. The van der Waals surface area contributed by atoms with Crippen LogP contribution in [0.1, 0.15) is 11.1 Å². The highest BCUT2D eigenvalue weighted by Gasteiger charge is 2.08. The highest BCUT2D eigenvalue weighted by Crippen LogP contribution is 2.22. The lowest BCUT2D eigenvalue weighted by Crippen LogP contribution is -1.98. The van der Waals surface area contributed by atoms with E-state index in [9.17, 15) is 4.79 Å². The smallest absolute Gasteiger partial charge is 0.307 e. The van der Waals surface area contributed by atoms with Gasteiger partial charge in [-0.05, 0) is 19.1 Å². The predicted octanol–water partition coefficient (Wildman–Crippen LogP) is 2.37. The molecule has 14 heavy (non-hydrogen) atoms. The first kappa shape index (κ1) is 8.81. The molecule has 2 rings (SSSR count). The molecule has 1 aromatic heterocycles. The zero-order valence-corrected chi connectivity index (χ0v) is 7.78. The van der Waals surface area contributed by atoms with Crippen molar-refractivity contribution < 1.29 is 14.3 Å². The third kappa shape index (κ3) is 1.48. The molecule has 0 atom stereocenters. The quantitative estimate of drug-likeness (QED) is 0.790. The predicted molar refractivity (Wildman–Crippen MR) is 52.3 cm³/mol. The Hall–Kier alpha value is -1.77. The Labute approximate surface area is 81.0 Å². The fraction of sp³-hybridized carbons (Fsp3) is 0.182. The van der Waals surface area contributed by atoms with E-state index >= 15 is 0 Å². The van der Waals surface area contributed by atoms with Crippen LogP contribution in [-0.4, -0.2) is 11.1 Å². The molecule has 72 valence electrons. The van der Waals surface area contributed by atoms with E-state index in [2.05, 4.69) is 0 Å². The van der Waals surface area contributed by atoms with Gasteiger partial charge in [0.05, 0.1) is 12.7 Å². The van der Waals surface area contributed by atoms with E-state index in [4.69, 9.17) is 9.52 Å². The summed E-state index contributed by atoms with van der Waals surface area (Å²) in [6.45, 7) is 1.97. The van der Waals surface area contributed by atoms with E-state index in [-0.39, 0.29) is 6.42 Å². The summed E-state index contributed by atoms with van der Waals surface area (Å²) in [4.78, 5) is 10.6. The maximum Gasteiger partial charge on any atom is 0.307 e. The Balaban J connectivity index is 2.55. The molecule has 0 radical (unpaired) electrons. The van der Waals surface area contributed by atoms with Crippen molar-refractivity contribution in [2.24, 2.45) is 0 Å². The number of carbonyl (C=O) groups is 1. The fourth-order valence-electron chi connectivity index (χ4n) is 1.50. The van der Waals surface area contributed by atoms with Crippen molar-refractivity contribution in [3.05, 3.63) is 35.6 Å². The lowest BCUT2D eigenvalue weighted by atomic mass is 10.1. The van der Waals surface area contributed by atoms with Crippen molar-refractivity contribution in [2.45, 2.75) is 13.3 Å². The van der Waals surface area contributed by atoms with Gasteiger partial charge in [0.25, 0.3) is 0 Å². The zero-order chi connectivity index (χ0) is 10.1. The summed E-state index contributed by atoms with van der Waals surface area (Å²) >= 11 is 0. The molecule has 0 bridgehead atoms. The molecule has 0 saturated heterocycles. The molecule has 0 unspecified atom stereocenters. The van der Waals surface area contributed by atoms with Crippen LogP contribution in [0, 0.1) is 6.92 Å². The molecule has 2 aromatic rings. The number of carboxylic acids is 1. The molecule has 0 amide bonds. The molecule has 3 nitrogen and oxygen atoms in total. The highest BCUT2D eigenvalue weighted by atomic mass is 16.4. The van der Waals surface area contributed by atoms with Gasteiger partial charge >= 0.3 is 5.97 Å². The van der Waals surface area contributed by atoms with Crippen LogP contribution in [0.3, 0.4) is 0 Å². The maximum atomic E-state index is 10.6. The first-order valence-electron chi connectivity index (χ1n) is 4.35. The summed E-state index contributed by atoms with van der Waals surface area (Å²) in [5.74, 6) is -0.839. The lowest BCUT2D eigenvalue weighted by Gasteiger charge is -1.94. The highest BCUT2D eigenvalue weighted by molar-refractivity contribution is 5.85. The van der Waals surface area contributed by atoms with Crippen LogP contribution >= 0.6 is 0 Å². The second-order valence-corrected chi connectivity index (χ2v) is 3.33. The molecule has 1 aromatic carbocycles. The van der Waals surface area contributed by atoms with Crippen LogP contribution in [0.4, 0.5) is 0 Å². The van der Waals surface area contributed by atoms with Crippen molar-refractivity contribution in [3.8, 4) is 0 Å². The van der Waals surface area contributed by atoms with Crippen LogP contribution in [0.15, 0.2) is 28.9 Å². The third-order valence-corrected chi connectivity index (χ3v) is 2.15. The summed E-state index contributed by atoms with van der Waals surface area (Å²) in [7, 11) is 0. The average molecular weight is 190 g/mol. The van der Waals surface area contributed by atoms with Gasteiger partial charge in [0.15, 0.2) is 0 Å². The zero-order valence-electron chi connectivity index (χ0n) is 7.78. The molecule has 0 saturated carbocycles. The number of benzene rings is 1. The van der Waals surface area contributed by atoms with Crippen molar-refractivity contribution in [2.75, 3.05) is 0 Å². The molecular weight excluding hydrogens is 180 g/mol. The molecule has 1 heterocycles. The first-order valence-corrected chi connectivity index (χ1v) is 4.35. The van der Waals surface area contributed by atoms with Gasteiger partial charge in [0, 0.05) is 10.9 Å². The Bertz CT molecular complexity index is 482. The molecule has 0 aliphatic carbocycles. The van der Waals surface area contributed by atoms with Gasteiger partial charge in [-0.3, -0.25) is 4.79 Å². The minimum Gasteiger partial charge on any atom is -0.481 e. The lowest BCUT2D eigenvalue weighted by molar-refractivity contribution is -0.136. The number of aliphatic carboxylic acids is 1. The number of aryl methyl sites for hydroxylation is 1. The van der Waals surface area contributed by atoms with Crippen molar-refractivity contribution >= 4 is 16.9 Å². The molecule has 0 fully saturated rings. The summed E-state index contributed by atoms with van der Waals surface area (Å²) in [6.07, 6.45) is 1.52. The van der Waals surface area contributed by atoms with Crippen LogP contribution in [0.2, 0.25) is 0 Å². The SMILES string of the molecule is Cc1ccc2occ(CC(=O)O)c2c1. The van der Waals surface area contributed by atoms with E-state index in [1.165, 1.54) is 6.26 Å². The van der Waals surface area contributed by atoms with E-state index in [0.717, 1.165) is 22.1 Å². The third-order valence-electron chi connectivity index (χ3n) is 2.15.